The fourth-order valence-electron chi connectivity index (χ4n) is 5.93. The van der Waals surface area contributed by atoms with Crippen molar-refractivity contribution in [3.05, 3.63) is 60.2 Å². The molecule has 1 saturated heterocycles. The lowest BCUT2D eigenvalue weighted by molar-refractivity contribution is 0.00578. The molecule has 192 valence electrons. The van der Waals surface area contributed by atoms with Gasteiger partial charge in [-0.1, -0.05) is 64.3 Å². The van der Waals surface area contributed by atoms with Gasteiger partial charge in [0.05, 0.1) is 11.2 Å². The van der Waals surface area contributed by atoms with Crippen LogP contribution in [-0.2, 0) is 9.31 Å². The zero-order chi connectivity index (χ0) is 31.2. The average Bonchev–Trinajstić information content (AvgIpc) is 3.19. The van der Waals surface area contributed by atoms with Crippen LogP contribution in [0.3, 0.4) is 0 Å². The van der Waals surface area contributed by atoms with E-state index < -0.39 is 18.3 Å². The summed E-state index contributed by atoms with van der Waals surface area (Å²) in [5.74, 6) is 0. The van der Waals surface area contributed by atoms with Gasteiger partial charge in [0.25, 0.3) is 0 Å². The number of hydrogen-bond donors (Lipinski definition) is 0. The predicted molar refractivity (Wildman–Crippen MR) is 190 cm³/mol. The Hall–Kier alpha value is -2.94. The van der Waals surface area contributed by atoms with Crippen LogP contribution in [0, 0.1) is 6.92 Å². The van der Waals surface area contributed by atoms with Gasteiger partial charge in [0.2, 0.25) is 0 Å². The molecule has 0 unspecified atom stereocenters. The van der Waals surface area contributed by atoms with Crippen molar-refractivity contribution in [3.63, 3.8) is 0 Å². The minimum Gasteiger partial charge on any atom is -0.399 e. The molecule has 1 heterocycles. The summed E-state index contributed by atoms with van der Waals surface area (Å²) in [6, 6.07) is 18.7. The Labute approximate surface area is 264 Å². The number of aryl methyl sites for hydroxylation is 1. The molecule has 0 spiro atoms. The van der Waals surface area contributed by atoms with Gasteiger partial charge in [-0.3, -0.25) is 0 Å². The SMILES string of the molecule is [B]c1c([B])c([B])c2c(-c3ccc4cc(-c5cccc(B6OC(C)(C)C(C)(C)O6)c5)cc(C)c4c3)c([B])c([B])c([B])c2c1[B]. The molecule has 14 radical (unpaired) electrons. The van der Waals surface area contributed by atoms with Crippen LogP contribution in [0.1, 0.15) is 33.3 Å². The molecule has 1 aliphatic rings. The van der Waals surface area contributed by atoms with E-state index in [2.05, 4.69) is 71.0 Å². The van der Waals surface area contributed by atoms with E-state index in [4.69, 9.17) is 64.2 Å². The van der Waals surface area contributed by atoms with E-state index in [0.29, 0.717) is 21.8 Å². The van der Waals surface area contributed by atoms with Crippen molar-refractivity contribution in [3.8, 4) is 22.3 Å². The second-order valence-electron chi connectivity index (χ2n) is 12.5. The van der Waals surface area contributed by atoms with Crippen LogP contribution in [0.15, 0.2) is 54.6 Å². The molecule has 10 heteroatoms. The molecule has 5 aromatic rings. The van der Waals surface area contributed by atoms with E-state index >= 15 is 0 Å². The minimum atomic E-state index is -0.437. The van der Waals surface area contributed by atoms with Crippen LogP contribution in [0.5, 0.6) is 0 Å². The highest BCUT2D eigenvalue weighted by Gasteiger charge is 2.51. The Morgan fingerprint density at radius 1 is 0.558 bits per heavy atom. The quantitative estimate of drug-likeness (QED) is 0.288. The zero-order valence-electron chi connectivity index (χ0n) is 25.1. The summed E-state index contributed by atoms with van der Waals surface area (Å²) in [6.07, 6.45) is 0. The summed E-state index contributed by atoms with van der Waals surface area (Å²) in [5, 5.41) is 3.07. The number of rotatable bonds is 3. The monoisotopic (exact) mass is 540 g/mol. The first-order valence-electron chi connectivity index (χ1n) is 14.2. The number of benzene rings is 5. The van der Waals surface area contributed by atoms with Crippen LogP contribution in [0.25, 0.3) is 43.8 Å². The van der Waals surface area contributed by atoms with Crippen LogP contribution in [-0.4, -0.2) is 73.2 Å². The third-order valence-electron chi connectivity index (χ3n) is 9.22. The third kappa shape index (κ3) is 4.68. The summed E-state index contributed by atoms with van der Waals surface area (Å²) in [6.45, 7) is 10.3. The molecule has 0 aliphatic carbocycles. The van der Waals surface area contributed by atoms with E-state index in [-0.39, 0.29) is 32.8 Å². The summed E-state index contributed by atoms with van der Waals surface area (Å²) < 4.78 is 12.6. The molecule has 43 heavy (non-hydrogen) atoms. The largest absolute Gasteiger partial charge is 0.494 e. The molecule has 2 nitrogen and oxygen atoms in total. The van der Waals surface area contributed by atoms with Crippen molar-refractivity contribution in [2.75, 3.05) is 0 Å². The molecular weight excluding hydrogens is 515 g/mol. The van der Waals surface area contributed by atoms with Gasteiger partial charge in [-0.2, -0.15) is 0 Å². The van der Waals surface area contributed by atoms with Crippen molar-refractivity contribution in [2.24, 2.45) is 0 Å². The molecule has 0 aromatic heterocycles. The zero-order valence-corrected chi connectivity index (χ0v) is 25.1. The van der Waals surface area contributed by atoms with Crippen molar-refractivity contribution in [1.82, 2.24) is 0 Å². The number of hydrogen-bond acceptors (Lipinski definition) is 2. The molecule has 1 aliphatic heterocycles. The minimum absolute atomic E-state index is 0.163. The Kier molecular flexibility index (Phi) is 7.22. The topological polar surface area (TPSA) is 18.5 Å². The third-order valence-corrected chi connectivity index (χ3v) is 9.22. The van der Waals surface area contributed by atoms with Crippen LogP contribution >= 0.6 is 0 Å². The highest BCUT2D eigenvalue weighted by molar-refractivity contribution is 6.71. The standard InChI is InChI=1S/C33H24B8O2/c1-15-11-19(16-7-6-8-20(13-16)41-42-32(2,3)33(4,5)43-41)12-17-9-10-18(14-21(15)17)22-23-24(27(36)29(38)25(22)34)28(37)31(40)30(39)26(23)35/h6-14H,1-5H3. The lowest BCUT2D eigenvalue weighted by atomic mass is 9.59. The summed E-state index contributed by atoms with van der Waals surface area (Å²) in [5.41, 5.74) is 6.34. The van der Waals surface area contributed by atoms with Gasteiger partial charge in [0, 0.05) is 0 Å². The average molecular weight is 539 g/mol. The maximum atomic E-state index is 6.58. The smallest absolute Gasteiger partial charge is 0.399 e. The van der Waals surface area contributed by atoms with Gasteiger partial charge in [-0.25, -0.2) is 0 Å². The Bertz CT molecular complexity index is 1960. The normalized spacial score (nSPS) is 15.9. The molecule has 0 amide bonds. The Morgan fingerprint density at radius 2 is 1.14 bits per heavy atom. The molecular formula is C33H24B8O2. The molecule has 6 rings (SSSR count). The fourth-order valence-corrected chi connectivity index (χ4v) is 5.93. The first-order chi connectivity index (χ1) is 20.1. The van der Waals surface area contributed by atoms with Gasteiger partial charge in [0.15, 0.2) is 0 Å². The van der Waals surface area contributed by atoms with Gasteiger partial charge in [-0.05, 0) is 102 Å². The summed E-state index contributed by atoms with van der Waals surface area (Å²) >= 11 is 0. The van der Waals surface area contributed by atoms with Crippen molar-refractivity contribution in [2.45, 2.75) is 45.8 Å². The molecule has 1 fully saturated rings. The maximum Gasteiger partial charge on any atom is 0.494 e. The first-order valence-corrected chi connectivity index (χ1v) is 14.2. The predicted octanol–water partition coefficient (Wildman–Crippen LogP) is -0.509. The highest BCUT2D eigenvalue weighted by Crippen LogP contribution is 2.37. The Balaban J connectivity index is 1.47. The summed E-state index contributed by atoms with van der Waals surface area (Å²) in [7, 11) is 44.1. The van der Waals surface area contributed by atoms with Crippen molar-refractivity contribution in [1.29, 1.82) is 0 Å². The van der Waals surface area contributed by atoms with Gasteiger partial charge in [-0.15, -0.1) is 16.4 Å². The molecule has 0 bridgehead atoms. The van der Waals surface area contributed by atoms with Crippen molar-refractivity contribution >= 4 is 127 Å². The molecule has 5 aromatic carbocycles. The van der Waals surface area contributed by atoms with E-state index in [1.165, 1.54) is 0 Å². The van der Waals surface area contributed by atoms with Crippen LogP contribution in [0.4, 0.5) is 0 Å². The highest BCUT2D eigenvalue weighted by atomic mass is 16.7. The molecule has 0 N–H and O–H groups in total. The number of fused-ring (bicyclic) bond motifs is 2. The van der Waals surface area contributed by atoms with E-state index in [1.807, 2.05) is 18.2 Å². The van der Waals surface area contributed by atoms with E-state index in [0.717, 1.165) is 38.5 Å². The lowest BCUT2D eigenvalue weighted by Crippen LogP contribution is -2.52. The van der Waals surface area contributed by atoms with Gasteiger partial charge < -0.3 is 9.31 Å². The summed E-state index contributed by atoms with van der Waals surface area (Å²) in [4.78, 5) is 0. The lowest BCUT2D eigenvalue weighted by Gasteiger charge is -2.32. The maximum absolute atomic E-state index is 6.58. The second kappa shape index (κ2) is 10.3. The van der Waals surface area contributed by atoms with Gasteiger partial charge in [0.1, 0.15) is 54.9 Å². The second-order valence-corrected chi connectivity index (χ2v) is 12.5. The van der Waals surface area contributed by atoms with Gasteiger partial charge >= 0.3 is 7.12 Å². The van der Waals surface area contributed by atoms with E-state index in [9.17, 15) is 0 Å². The van der Waals surface area contributed by atoms with Crippen molar-refractivity contribution < 1.29 is 9.31 Å². The first kappa shape index (κ1) is 30.1. The van der Waals surface area contributed by atoms with Crippen LogP contribution < -0.4 is 43.7 Å². The fraction of sp³-hybridized carbons (Fsp3) is 0.212. The van der Waals surface area contributed by atoms with Crippen LogP contribution in [0.2, 0.25) is 0 Å². The molecule has 0 saturated carbocycles. The molecule has 0 atom stereocenters. The van der Waals surface area contributed by atoms with E-state index in [1.54, 1.807) is 0 Å². The Morgan fingerprint density at radius 3 is 1.77 bits per heavy atom.